The standard InChI is InChI=1S/C67H58FN4O.Pt/c1-65(2,3)44-31-32-69-62(38-44)72-59-30-27-43(63-56-23-12-10-21-53(56)54-22-11-13-24-57(54)63)34-58(59)55-29-28-51(40-61(55)72)73-50-20-15-19-48(39-50)70-41-71(49-36-45(66(4,5)6)35-46(37-49)67(7,8)9)64-52(25-16-26-60(64)70)42-17-14-18-47(68)33-42;/h10-38,41,63H,1-9H3;/q-3;. The summed E-state index contributed by atoms with van der Waals surface area (Å²) in [7, 11) is 0. The SMILES string of the molecule is CC(C)(C)c1cc(N2[CH-]N(c3[c-]c(Oc4[c-]c5c(cc4)c4cc(C6c7ccccc7-c7ccccc76)ccc4n5-c4cc(C(C)(C)C)ccn4)ccc3)c3cccc(-c4cccc(F)c4)c32)cc(C(C)(C)C)c1.[Pt]. The topological polar surface area (TPSA) is 33.5 Å². The van der Waals surface area contributed by atoms with Crippen molar-refractivity contribution in [2.45, 2.75) is 84.5 Å². The Kier molecular flexibility index (Phi) is 12.1. The molecule has 0 bridgehead atoms. The van der Waals surface area contributed by atoms with Crippen molar-refractivity contribution < 1.29 is 30.2 Å². The van der Waals surface area contributed by atoms with Gasteiger partial charge in [-0.2, -0.15) is 12.1 Å². The first-order chi connectivity index (χ1) is 35.0. The van der Waals surface area contributed by atoms with Gasteiger partial charge < -0.3 is 19.1 Å². The quantitative estimate of drug-likeness (QED) is 0.149. The van der Waals surface area contributed by atoms with Crippen LogP contribution in [0.5, 0.6) is 11.5 Å². The van der Waals surface area contributed by atoms with Crippen LogP contribution in [-0.2, 0) is 37.3 Å². The van der Waals surface area contributed by atoms with Crippen LogP contribution in [-0.4, -0.2) is 9.55 Å². The Labute approximate surface area is 449 Å². The molecular formula is C67H58FN4OPt-3. The zero-order chi connectivity index (χ0) is 50.6. The first kappa shape index (κ1) is 49.0. The average molecular weight is 1150 g/mol. The van der Waals surface area contributed by atoms with Gasteiger partial charge in [0.05, 0.1) is 0 Å². The Morgan fingerprint density at radius 3 is 1.89 bits per heavy atom. The molecule has 2 aliphatic rings. The van der Waals surface area contributed by atoms with Gasteiger partial charge in [-0.3, -0.25) is 0 Å². The van der Waals surface area contributed by atoms with Gasteiger partial charge in [0.2, 0.25) is 0 Å². The number of benzene rings is 8. The van der Waals surface area contributed by atoms with Crippen LogP contribution in [0.25, 0.3) is 49.9 Å². The number of pyridine rings is 1. The van der Waals surface area contributed by atoms with E-state index in [9.17, 15) is 4.39 Å². The van der Waals surface area contributed by atoms with Crippen LogP contribution in [0.2, 0.25) is 0 Å². The fourth-order valence-corrected chi connectivity index (χ4v) is 10.8. The predicted molar refractivity (Wildman–Crippen MR) is 299 cm³/mol. The maximum absolute atomic E-state index is 15.0. The summed E-state index contributed by atoms with van der Waals surface area (Å²) in [5.41, 5.74) is 17.3. The summed E-state index contributed by atoms with van der Waals surface area (Å²) in [6, 6.07) is 66.3. The molecule has 7 heteroatoms. The monoisotopic (exact) mass is 1150 g/mol. The van der Waals surface area contributed by atoms with E-state index < -0.39 is 0 Å². The largest absolute Gasteiger partial charge is 0.509 e. The molecule has 74 heavy (non-hydrogen) atoms. The van der Waals surface area contributed by atoms with Crippen molar-refractivity contribution in [1.82, 2.24) is 9.55 Å². The molecule has 1 aliphatic carbocycles. The Morgan fingerprint density at radius 1 is 0.554 bits per heavy atom. The van der Waals surface area contributed by atoms with E-state index in [1.807, 2.05) is 36.5 Å². The molecule has 12 rings (SSSR count). The van der Waals surface area contributed by atoms with Crippen LogP contribution in [0.4, 0.5) is 27.1 Å². The zero-order valence-electron chi connectivity index (χ0n) is 43.3. The maximum atomic E-state index is 15.0. The third-order valence-electron chi connectivity index (χ3n) is 14.7. The van der Waals surface area contributed by atoms with Crippen molar-refractivity contribution in [3.63, 3.8) is 0 Å². The van der Waals surface area contributed by atoms with Gasteiger partial charge in [-0.15, -0.1) is 48.1 Å². The van der Waals surface area contributed by atoms with Crippen LogP contribution < -0.4 is 14.5 Å². The minimum absolute atomic E-state index is 0. The van der Waals surface area contributed by atoms with Gasteiger partial charge in [0, 0.05) is 72.8 Å². The van der Waals surface area contributed by atoms with Gasteiger partial charge in [0.25, 0.3) is 0 Å². The summed E-state index contributed by atoms with van der Waals surface area (Å²) in [5.74, 6) is 1.77. The van der Waals surface area contributed by atoms with Gasteiger partial charge in [0.15, 0.2) is 0 Å². The van der Waals surface area contributed by atoms with Crippen LogP contribution in [0, 0.1) is 24.6 Å². The van der Waals surface area contributed by atoms with E-state index in [-0.39, 0.29) is 49.0 Å². The molecule has 0 N–H and O–H groups in total. The molecule has 0 fully saturated rings. The number of para-hydroxylation sites is 1. The first-order valence-corrected chi connectivity index (χ1v) is 25.3. The molecule has 0 saturated heterocycles. The van der Waals surface area contributed by atoms with E-state index >= 15 is 0 Å². The van der Waals surface area contributed by atoms with Gasteiger partial charge in [0.1, 0.15) is 11.6 Å². The number of hydrogen-bond donors (Lipinski definition) is 0. The van der Waals surface area contributed by atoms with Gasteiger partial charge in [-0.25, -0.2) is 9.37 Å². The Hall–Kier alpha value is -7.27. The number of rotatable bonds is 7. The second kappa shape index (κ2) is 18.3. The number of hydrogen-bond acceptors (Lipinski definition) is 4. The molecule has 372 valence electrons. The van der Waals surface area contributed by atoms with Crippen LogP contribution in [0.15, 0.2) is 176 Å². The minimum Gasteiger partial charge on any atom is -0.509 e. The van der Waals surface area contributed by atoms with Crippen molar-refractivity contribution >= 4 is 44.6 Å². The van der Waals surface area contributed by atoms with Crippen molar-refractivity contribution in [3.05, 3.63) is 234 Å². The summed E-state index contributed by atoms with van der Waals surface area (Å²) in [6.07, 6.45) is 1.91. The minimum atomic E-state index is -0.278. The molecule has 0 radical (unpaired) electrons. The molecule has 10 aromatic rings. The molecule has 5 nitrogen and oxygen atoms in total. The summed E-state index contributed by atoms with van der Waals surface area (Å²) >= 11 is 0. The third kappa shape index (κ3) is 8.61. The summed E-state index contributed by atoms with van der Waals surface area (Å²) in [6.45, 7) is 22.4. The van der Waals surface area contributed by atoms with Gasteiger partial charge >= 0.3 is 0 Å². The van der Waals surface area contributed by atoms with Crippen LogP contribution in [0.1, 0.15) is 102 Å². The van der Waals surface area contributed by atoms with Crippen LogP contribution >= 0.6 is 0 Å². The van der Waals surface area contributed by atoms with E-state index in [4.69, 9.17) is 9.72 Å². The molecular weight excluding hydrogens is 1090 g/mol. The zero-order valence-corrected chi connectivity index (χ0v) is 45.6. The van der Waals surface area contributed by atoms with Crippen molar-refractivity contribution in [3.8, 4) is 39.6 Å². The molecule has 0 amide bonds. The number of halogens is 1. The molecule has 0 unspecified atom stereocenters. The molecule has 3 heterocycles. The van der Waals surface area contributed by atoms with Crippen molar-refractivity contribution in [1.29, 1.82) is 0 Å². The molecule has 0 atom stereocenters. The Balaban J connectivity index is 0.00000588. The van der Waals surface area contributed by atoms with Gasteiger partial charge in [-0.05, 0) is 120 Å². The smallest absolute Gasteiger partial charge is 0.135 e. The molecule has 0 saturated carbocycles. The van der Waals surface area contributed by atoms with Crippen LogP contribution in [0.3, 0.4) is 0 Å². The fourth-order valence-electron chi connectivity index (χ4n) is 10.8. The van der Waals surface area contributed by atoms with Crippen molar-refractivity contribution in [2.75, 3.05) is 9.80 Å². The molecule has 0 spiro atoms. The number of nitrogens with zero attached hydrogens (tertiary/aromatic N) is 4. The first-order valence-electron chi connectivity index (χ1n) is 25.3. The number of anilines is 4. The number of aromatic nitrogens is 2. The number of fused-ring (bicyclic) bond motifs is 7. The van der Waals surface area contributed by atoms with E-state index in [0.29, 0.717) is 11.5 Å². The summed E-state index contributed by atoms with van der Waals surface area (Å²) < 4.78 is 24.0. The molecule has 8 aromatic carbocycles. The normalized spacial score (nSPS) is 13.5. The second-order valence-electron chi connectivity index (χ2n) is 22.8. The molecule has 2 aromatic heterocycles. The van der Waals surface area contributed by atoms with E-state index in [1.165, 1.54) is 50.6 Å². The molecule has 1 aliphatic heterocycles. The second-order valence-corrected chi connectivity index (χ2v) is 22.8. The van der Waals surface area contributed by atoms with E-state index in [0.717, 1.165) is 61.5 Å². The Morgan fingerprint density at radius 2 is 1.20 bits per heavy atom. The van der Waals surface area contributed by atoms with E-state index in [1.54, 1.807) is 12.1 Å². The van der Waals surface area contributed by atoms with Gasteiger partial charge in [-0.1, -0.05) is 159 Å². The van der Waals surface area contributed by atoms with E-state index in [2.05, 4.69) is 217 Å². The summed E-state index contributed by atoms with van der Waals surface area (Å²) in [5, 5.41) is 2.19. The summed E-state index contributed by atoms with van der Waals surface area (Å²) in [4.78, 5) is 9.40. The maximum Gasteiger partial charge on any atom is 0.135 e. The van der Waals surface area contributed by atoms with Crippen molar-refractivity contribution in [2.24, 2.45) is 0 Å². The average Bonchev–Trinajstić information content (AvgIpc) is 4.04. The fraction of sp³-hybridized carbons (Fsp3) is 0.194. The Bertz CT molecular complexity index is 3740. The predicted octanol–water partition coefficient (Wildman–Crippen LogP) is 17.8. The third-order valence-corrected chi connectivity index (χ3v) is 14.7. The number of ether oxygens (including phenoxy) is 1.